The molecule has 0 aliphatic carbocycles. The monoisotopic (exact) mass is 557 g/mol. The minimum absolute atomic E-state index is 0.0400. The van der Waals surface area contributed by atoms with Crippen molar-refractivity contribution < 1.29 is 14.3 Å². The topological polar surface area (TPSA) is 94.1 Å². The lowest BCUT2D eigenvalue weighted by atomic mass is 9.91. The second-order valence-electron chi connectivity index (χ2n) is 11.2. The van der Waals surface area contributed by atoms with E-state index in [2.05, 4.69) is 50.4 Å². The highest BCUT2D eigenvalue weighted by molar-refractivity contribution is 5.90. The Morgan fingerprint density at radius 1 is 0.829 bits per heavy atom. The third-order valence-electron chi connectivity index (χ3n) is 8.67. The highest BCUT2D eigenvalue weighted by Gasteiger charge is 2.27. The Labute approximate surface area is 241 Å². The number of anilines is 3. The number of rotatable bonds is 6. The molecule has 3 amide bonds. The lowest BCUT2D eigenvalue weighted by Gasteiger charge is -2.36. The van der Waals surface area contributed by atoms with Crippen LogP contribution in [-0.2, 0) is 9.53 Å². The molecule has 3 aliphatic rings. The number of hydrogen-bond acceptors (Lipinski definition) is 7. The highest BCUT2D eigenvalue weighted by Crippen LogP contribution is 2.33. The van der Waals surface area contributed by atoms with Gasteiger partial charge >= 0.3 is 6.03 Å². The Morgan fingerprint density at radius 3 is 2.22 bits per heavy atom. The average Bonchev–Trinajstić information content (AvgIpc) is 3.56. The van der Waals surface area contributed by atoms with Gasteiger partial charge in [0.2, 0.25) is 5.91 Å². The number of benzene rings is 2. The van der Waals surface area contributed by atoms with Crippen molar-refractivity contribution in [1.82, 2.24) is 19.8 Å². The molecule has 1 N–H and O–H groups in total. The number of aromatic nitrogens is 2. The maximum atomic E-state index is 13.0. The van der Waals surface area contributed by atoms with E-state index < -0.39 is 0 Å². The molecular formula is C31H39N7O3. The predicted molar refractivity (Wildman–Crippen MR) is 161 cm³/mol. The molecule has 0 radical (unpaired) electrons. The van der Waals surface area contributed by atoms with E-state index in [4.69, 9.17) is 9.72 Å². The van der Waals surface area contributed by atoms with Gasteiger partial charge in [0, 0.05) is 87.8 Å². The molecule has 0 atom stereocenters. The van der Waals surface area contributed by atoms with Crippen LogP contribution < -0.4 is 15.1 Å². The number of likely N-dealkylation sites (tertiary alicyclic amines) is 1. The van der Waals surface area contributed by atoms with E-state index in [1.54, 1.807) is 13.4 Å². The summed E-state index contributed by atoms with van der Waals surface area (Å²) in [6.07, 6.45) is 5.89. The quantitative estimate of drug-likeness (QED) is 0.491. The number of methoxy groups -OCH3 is 1. The first kappa shape index (κ1) is 27.3. The summed E-state index contributed by atoms with van der Waals surface area (Å²) >= 11 is 0. The molecule has 41 heavy (non-hydrogen) atoms. The fourth-order valence-corrected chi connectivity index (χ4v) is 6.31. The first-order chi connectivity index (χ1) is 20.1. The van der Waals surface area contributed by atoms with Gasteiger partial charge in [-0.1, -0.05) is 0 Å². The lowest BCUT2D eigenvalue weighted by molar-refractivity contribution is -0.135. The van der Waals surface area contributed by atoms with Crippen LogP contribution in [0.4, 0.5) is 21.9 Å². The molecule has 0 saturated carbocycles. The van der Waals surface area contributed by atoms with Crippen LogP contribution in [0.15, 0.2) is 48.8 Å². The Kier molecular flexibility index (Phi) is 8.18. The molecule has 2 aromatic carbocycles. The van der Waals surface area contributed by atoms with Crippen molar-refractivity contribution in [2.24, 2.45) is 0 Å². The molecule has 0 unspecified atom stereocenters. The smallest absolute Gasteiger partial charge is 0.321 e. The summed E-state index contributed by atoms with van der Waals surface area (Å²) in [5.74, 6) is 0.323. The number of nitrogens with zero attached hydrogens (tertiary/aromatic N) is 6. The van der Waals surface area contributed by atoms with Gasteiger partial charge in [0.1, 0.15) is 12.9 Å². The molecule has 0 bridgehead atoms. The van der Waals surface area contributed by atoms with Gasteiger partial charge < -0.3 is 29.7 Å². The number of piperidine rings is 1. The van der Waals surface area contributed by atoms with E-state index in [1.165, 1.54) is 18.5 Å². The van der Waals surface area contributed by atoms with Gasteiger partial charge in [-0.15, -0.1) is 0 Å². The first-order valence-electron chi connectivity index (χ1n) is 14.8. The fourth-order valence-electron chi connectivity index (χ4n) is 6.31. The second kappa shape index (κ2) is 12.3. The van der Waals surface area contributed by atoms with Crippen molar-refractivity contribution >= 4 is 39.9 Å². The molecule has 3 aliphatic heterocycles. The molecule has 0 spiro atoms. The van der Waals surface area contributed by atoms with Crippen LogP contribution in [0.2, 0.25) is 0 Å². The fraction of sp³-hybridized carbons (Fsp3) is 0.484. The van der Waals surface area contributed by atoms with Gasteiger partial charge in [-0.05, 0) is 68.1 Å². The molecule has 216 valence electrons. The van der Waals surface area contributed by atoms with Gasteiger partial charge in [-0.3, -0.25) is 4.79 Å². The maximum absolute atomic E-state index is 13.0. The molecule has 6 rings (SSSR count). The SMILES string of the molecule is COCC(=O)N1CCN(c2ccc3c(C4CCN(C(=O)Nc5ccc(N6CCCC6)cc5)CC4)ncnc3c2)CC1. The Morgan fingerprint density at radius 2 is 1.51 bits per heavy atom. The van der Waals surface area contributed by atoms with E-state index in [1.807, 2.05) is 21.9 Å². The molecule has 3 aromatic rings. The molecule has 1 aromatic heterocycles. The number of carbonyl (C=O) groups is 2. The number of nitrogens with one attached hydrogen (secondary N) is 1. The van der Waals surface area contributed by atoms with Crippen molar-refractivity contribution in [1.29, 1.82) is 0 Å². The van der Waals surface area contributed by atoms with E-state index in [9.17, 15) is 9.59 Å². The third-order valence-corrected chi connectivity index (χ3v) is 8.67. The molecule has 3 fully saturated rings. The summed E-state index contributed by atoms with van der Waals surface area (Å²) < 4.78 is 4.99. The lowest BCUT2D eigenvalue weighted by Crippen LogP contribution is -2.49. The van der Waals surface area contributed by atoms with E-state index >= 15 is 0 Å². The van der Waals surface area contributed by atoms with Gasteiger partial charge in [0.05, 0.1) is 11.2 Å². The highest BCUT2D eigenvalue weighted by atomic mass is 16.5. The van der Waals surface area contributed by atoms with Crippen LogP contribution in [0.5, 0.6) is 0 Å². The average molecular weight is 558 g/mol. The van der Waals surface area contributed by atoms with Crippen LogP contribution in [-0.4, -0.2) is 97.8 Å². The van der Waals surface area contributed by atoms with E-state index in [0.717, 1.165) is 67.0 Å². The number of hydrogen-bond donors (Lipinski definition) is 1. The number of carbonyl (C=O) groups excluding carboxylic acids is 2. The number of fused-ring (bicyclic) bond motifs is 1. The van der Waals surface area contributed by atoms with Crippen molar-refractivity contribution in [2.75, 3.05) is 81.2 Å². The van der Waals surface area contributed by atoms with E-state index in [0.29, 0.717) is 26.2 Å². The van der Waals surface area contributed by atoms with Crippen LogP contribution >= 0.6 is 0 Å². The number of ether oxygens (including phenoxy) is 1. The first-order valence-corrected chi connectivity index (χ1v) is 14.8. The third kappa shape index (κ3) is 6.07. The number of amides is 3. The van der Waals surface area contributed by atoms with Gasteiger partial charge in [-0.25, -0.2) is 14.8 Å². The van der Waals surface area contributed by atoms with Gasteiger partial charge in [-0.2, -0.15) is 0 Å². The van der Waals surface area contributed by atoms with Gasteiger partial charge in [0.25, 0.3) is 0 Å². The van der Waals surface area contributed by atoms with Crippen LogP contribution in [0.25, 0.3) is 10.9 Å². The van der Waals surface area contributed by atoms with Crippen molar-refractivity contribution in [3.05, 3.63) is 54.5 Å². The van der Waals surface area contributed by atoms with Crippen LogP contribution in [0, 0.1) is 0 Å². The van der Waals surface area contributed by atoms with Gasteiger partial charge in [0.15, 0.2) is 0 Å². The van der Waals surface area contributed by atoms with Crippen molar-refractivity contribution in [3.63, 3.8) is 0 Å². The molecular weight excluding hydrogens is 518 g/mol. The number of urea groups is 1. The molecule has 10 nitrogen and oxygen atoms in total. The summed E-state index contributed by atoms with van der Waals surface area (Å²) in [4.78, 5) is 42.9. The molecule has 10 heteroatoms. The van der Waals surface area contributed by atoms with Crippen molar-refractivity contribution in [2.45, 2.75) is 31.6 Å². The predicted octanol–water partition coefficient (Wildman–Crippen LogP) is 3.94. The largest absolute Gasteiger partial charge is 0.375 e. The molecule has 3 saturated heterocycles. The zero-order chi connectivity index (χ0) is 28.2. The van der Waals surface area contributed by atoms with Crippen LogP contribution in [0.1, 0.15) is 37.3 Å². The Bertz CT molecular complexity index is 1360. The normalized spacial score (nSPS) is 18.3. The van der Waals surface area contributed by atoms with E-state index in [-0.39, 0.29) is 24.5 Å². The van der Waals surface area contributed by atoms with Crippen LogP contribution in [0.3, 0.4) is 0 Å². The summed E-state index contributed by atoms with van der Waals surface area (Å²) in [5.41, 5.74) is 5.17. The number of piperazine rings is 1. The summed E-state index contributed by atoms with van der Waals surface area (Å²) in [7, 11) is 1.55. The Balaban J connectivity index is 1.05. The maximum Gasteiger partial charge on any atom is 0.321 e. The van der Waals surface area contributed by atoms with Crippen molar-refractivity contribution in [3.8, 4) is 0 Å². The summed E-state index contributed by atoms with van der Waals surface area (Å²) in [6.45, 7) is 6.67. The standard InChI is InChI=1S/C31H39N7O3/c1-41-21-29(39)37-18-16-36(17-19-37)26-8-9-27-28(20-26)32-22-33-30(27)23-10-14-38(15-11-23)31(40)34-24-4-6-25(7-5-24)35-12-2-3-13-35/h4-9,20,22-23H,2-3,10-19,21H2,1H3,(H,34,40). The zero-order valence-electron chi connectivity index (χ0n) is 23.8. The summed E-state index contributed by atoms with van der Waals surface area (Å²) in [6, 6.07) is 14.6. The zero-order valence-corrected chi connectivity index (χ0v) is 23.8. The minimum Gasteiger partial charge on any atom is -0.375 e. The Hall–Kier alpha value is -3.92. The second-order valence-corrected chi connectivity index (χ2v) is 11.2. The summed E-state index contributed by atoms with van der Waals surface area (Å²) in [5, 5.41) is 4.15. The minimum atomic E-state index is -0.0430. The molecule has 4 heterocycles.